The first-order valence-corrected chi connectivity index (χ1v) is 3.09. The van der Waals surface area contributed by atoms with Gasteiger partial charge in [-0.1, -0.05) is 0 Å². The van der Waals surface area contributed by atoms with E-state index in [4.69, 9.17) is 0 Å². The van der Waals surface area contributed by atoms with Crippen LogP contribution < -0.4 is 0 Å². The molecule has 0 amide bonds. The Kier molecular flexibility index (Phi) is 2.99. The second-order valence-corrected chi connectivity index (χ2v) is 2.77. The normalized spacial score (nSPS) is 11.0. The van der Waals surface area contributed by atoms with Crippen molar-refractivity contribution >= 4 is 6.29 Å². The zero-order valence-electron chi connectivity index (χ0n) is 6.16. The number of hydrogen-bond donors (Lipinski definition) is 0. The molecule has 0 rings (SSSR count). The van der Waals surface area contributed by atoms with Crippen molar-refractivity contribution in [3.63, 3.8) is 0 Å². The minimum Gasteiger partial charge on any atom is -0.303 e. The fourth-order valence-corrected chi connectivity index (χ4v) is 0.503. The molecule has 0 aromatic heterocycles. The van der Waals surface area contributed by atoms with Crippen LogP contribution in [-0.2, 0) is 4.79 Å². The van der Waals surface area contributed by atoms with Gasteiger partial charge in [-0.2, -0.15) is 0 Å². The molecule has 0 atom stereocenters. The molecule has 0 bridgehead atoms. The number of rotatable bonds is 4. The Morgan fingerprint density at radius 2 is 2.10 bits per heavy atom. The van der Waals surface area contributed by atoms with Crippen LogP contribution in [0.25, 0.3) is 0 Å². The number of aldehydes is 1. The summed E-state index contributed by atoms with van der Waals surface area (Å²) in [4.78, 5) is 19.7. The molecule has 0 radical (unpaired) electrons. The van der Waals surface area contributed by atoms with Crippen molar-refractivity contribution in [1.29, 1.82) is 0 Å². The molecule has 0 aromatic carbocycles. The van der Waals surface area contributed by atoms with Gasteiger partial charge in [-0.25, -0.2) is 0 Å². The van der Waals surface area contributed by atoms with Gasteiger partial charge in [0.1, 0.15) is 6.29 Å². The van der Waals surface area contributed by atoms with Crippen LogP contribution >= 0.6 is 0 Å². The molecule has 0 spiro atoms. The van der Waals surface area contributed by atoms with Crippen molar-refractivity contribution in [2.45, 2.75) is 32.2 Å². The third-order valence-corrected chi connectivity index (χ3v) is 1.37. The van der Waals surface area contributed by atoms with E-state index in [1.165, 1.54) is 13.8 Å². The number of nitrogens with zero attached hydrogens (tertiary/aromatic N) is 1. The van der Waals surface area contributed by atoms with Gasteiger partial charge in [0.05, 0.1) is 0 Å². The lowest BCUT2D eigenvalue weighted by molar-refractivity contribution is -0.561. The summed E-state index contributed by atoms with van der Waals surface area (Å²) in [6.07, 6.45) is 1.27. The monoisotopic (exact) mass is 145 g/mol. The van der Waals surface area contributed by atoms with E-state index in [1.54, 1.807) is 0 Å². The minimum absolute atomic E-state index is 0.258. The third-order valence-electron chi connectivity index (χ3n) is 1.37. The van der Waals surface area contributed by atoms with Gasteiger partial charge in [0.2, 0.25) is 5.54 Å². The Morgan fingerprint density at radius 1 is 1.60 bits per heavy atom. The second kappa shape index (κ2) is 3.29. The van der Waals surface area contributed by atoms with E-state index in [0.29, 0.717) is 12.7 Å². The van der Waals surface area contributed by atoms with Gasteiger partial charge in [-0.05, 0) is 0 Å². The molecule has 4 heteroatoms. The summed E-state index contributed by atoms with van der Waals surface area (Å²) in [7, 11) is 0. The first kappa shape index (κ1) is 9.07. The number of carbonyl (C=O) groups excluding carboxylic acids is 1. The van der Waals surface area contributed by atoms with E-state index in [2.05, 4.69) is 0 Å². The highest BCUT2D eigenvalue weighted by molar-refractivity contribution is 5.49. The van der Waals surface area contributed by atoms with Crippen LogP contribution in [0.1, 0.15) is 26.7 Å². The molecule has 0 aliphatic carbocycles. The van der Waals surface area contributed by atoms with Gasteiger partial charge in [-0.3, -0.25) is 10.1 Å². The lowest BCUT2D eigenvalue weighted by atomic mass is 10.0. The van der Waals surface area contributed by atoms with Crippen molar-refractivity contribution in [2.24, 2.45) is 0 Å². The maximum absolute atomic E-state index is 10.2. The topological polar surface area (TPSA) is 60.2 Å². The van der Waals surface area contributed by atoms with Crippen molar-refractivity contribution in [3.8, 4) is 0 Å². The number of carbonyl (C=O) groups is 1. The van der Waals surface area contributed by atoms with Gasteiger partial charge < -0.3 is 4.79 Å². The van der Waals surface area contributed by atoms with Crippen LogP contribution in [0.5, 0.6) is 0 Å². The molecule has 0 unspecified atom stereocenters. The molecular weight excluding hydrogens is 134 g/mol. The average Bonchev–Trinajstić information content (AvgIpc) is 1.84. The smallest absolute Gasteiger partial charge is 0.217 e. The highest BCUT2D eigenvalue weighted by atomic mass is 16.6. The molecule has 0 saturated carbocycles. The Labute approximate surface area is 59.4 Å². The van der Waals surface area contributed by atoms with Crippen LogP contribution in [-0.4, -0.2) is 16.7 Å². The van der Waals surface area contributed by atoms with Crippen LogP contribution in [0.4, 0.5) is 0 Å². The van der Waals surface area contributed by atoms with Crippen LogP contribution in [0.3, 0.4) is 0 Å². The molecule has 0 aromatic rings. The summed E-state index contributed by atoms with van der Waals surface area (Å²) >= 11 is 0. The molecule has 0 saturated heterocycles. The van der Waals surface area contributed by atoms with Crippen molar-refractivity contribution < 1.29 is 9.72 Å². The molecule has 0 fully saturated rings. The van der Waals surface area contributed by atoms with Crippen LogP contribution in [0.2, 0.25) is 0 Å². The van der Waals surface area contributed by atoms with Crippen molar-refractivity contribution in [3.05, 3.63) is 10.1 Å². The SMILES string of the molecule is CC(C)(CCC=O)[N+](=O)[O-]. The summed E-state index contributed by atoms with van der Waals surface area (Å²) in [5.74, 6) is 0. The summed E-state index contributed by atoms with van der Waals surface area (Å²) in [6.45, 7) is 3.02. The molecule has 58 valence electrons. The van der Waals surface area contributed by atoms with E-state index in [9.17, 15) is 14.9 Å². The second-order valence-electron chi connectivity index (χ2n) is 2.77. The van der Waals surface area contributed by atoms with E-state index < -0.39 is 5.54 Å². The maximum atomic E-state index is 10.2. The molecular formula is C6H11NO3. The van der Waals surface area contributed by atoms with Gasteiger partial charge in [-0.15, -0.1) is 0 Å². The lowest BCUT2D eigenvalue weighted by Crippen LogP contribution is -2.30. The summed E-state index contributed by atoms with van der Waals surface area (Å²) in [5, 5.41) is 10.2. The average molecular weight is 145 g/mol. The fourth-order valence-electron chi connectivity index (χ4n) is 0.503. The van der Waals surface area contributed by atoms with E-state index in [1.807, 2.05) is 0 Å². The summed E-state index contributed by atoms with van der Waals surface area (Å²) in [6, 6.07) is 0. The maximum Gasteiger partial charge on any atom is 0.217 e. The first-order valence-electron chi connectivity index (χ1n) is 3.09. The van der Waals surface area contributed by atoms with Gasteiger partial charge in [0.25, 0.3) is 0 Å². The zero-order valence-corrected chi connectivity index (χ0v) is 6.16. The largest absolute Gasteiger partial charge is 0.303 e. The third kappa shape index (κ3) is 2.57. The number of nitro groups is 1. The predicted octanol–water partition coefficient (Wildman–Crippen LogP) is 1.02. The summed E-state index contributed by atoms with van der Waals surface area (Å²) < 4.78 is 0. The Hall–Kier alpha value is -0.930. The van der Waals surface area contributed by atoms with Gasteiger partial charge in [0.15, 0.2) is 0 Å². The quantitative estimate of drug-likeness (QED) is 0.337. The summed E-state index contributed by atoms with van der Waals surface area (Å²) in [5.41, 5.74) is -0.957. The zero-order chi connectivity index (χ0) is 8.20. The van der Waals surface area contributed by atoms with Crippen molar-refractivity contribution in [2.75, 3.05) is 0 Å². The first-order chi connectivity index (χ1) is 4.50. The predicted molar refractivity (Wildman–Crippen MR) is 36.4 cm³/mol. The highest BCUT2D eigenvalue weighted by Gasteiger charge is 2.29. The highest BCUT2D eigenvalue weighted by Crippen LogP contribution is 2.13. The Bertz CT molecular complexity index is 142. The Balaban J connectivity index is 3.86. The fraction of sp³-hybridized carbons (Fsp3) is 0.833. The molecule has 0 N–H and O–H groups in total. The molecule has 10 heavy (non-hydrogen) atoms. The van der Waals surface area contributed by atoms with E-state index >= 15 is 0 Å². The Morgan fingerprint density at radius 3 is 2.40 bits per heavy atom. The molecule has 0 heterocycles. The number of hydrogen-bond acceptors (Lipinski definition) is 3. The van der Waals surface area contributed by atoms with Crippen LogP contribution in [0.15, 0.2) is 0 Å². The molecule has 4 nitrogen and oxygen atoms in total. The van der Waals surface area contributed by atoms with E-state index in [0.717, 1.165) is 0 Å². The molecule has 0 aliphatic heterocycles. The van der Waals surface area contributed by atoms with Crippen LogP contribution in [0, 0.1) is 10.1 Å². The lowest BCUT2D eigenvalue weighted by Gasteiger charge is -2.12. The van der Waals surface area contributed by atoms with Crippen molar-refractivity contribution in [1.82, 2.24) is 0 Å². The minimum atomic E-state index is -0.957. The standard InChI is InChI=1S/C6H11NO3/c1-6(2,7(9)10)4-3-5-8/h5H,3-4H2,1-2H3. The molecule has 0 aliphatic rings. The van der Waals surface area contributed by atoms with E-state index in [-0.39, 0.29) is 11.3 Å². The van der Waals surface area contributed by atoms with Gasteiger partial charge >= 0.3 is 0 Å². The van der Waals surface area contributed by atoms with Gasteiger partial charge in [0, 0.05) is 31.6 Å².